The lowest BCUT2D eigenvalue weighted by atomic mass is 9.80. The molecule has 0 aromatic carbocycles. The first-order valence-corrected chi connectivity index (χ1v) is 6.68. The van der Waals surface area contributed by atoms with E-state index in [9.17, 15) is 4.79 Å². The standard InChI is InChI=1S/C13H26N2O2/c1-10(12-6-4-7-12)15-11(2)13(16)14-8-5-9-17-3/h10-12,15H,4-9H2,1-3H3,(H,14,16). The SMILES string of the molecule is COCCCNC(=O)C(C)NC(C)C1CCC1. The number of rotatable bonds is 8. The number of methoxy groups -OCH3 is 1. The summed E-state index contributed by atoms with van der Waals surface area (Å²) < 4.78 is 4.94. The molecule has 1 aliphatic rings. The van der Waals surface area contributed by atoms with Gasteiger partial charge in [0, 0.05) is 26.3 Å². The van der Waals surface area contributed by atoms with Gasteiger partial charge in [-0.1, -0.05) is 6.42 Å². The molecule has 2 N–H and O–H groups in total. The molecule has 1 rings (SSSR count). The molecule has 4 nitrogen and oxygen atoms in total. The summed E-state index contributed by atoms with van der Waals surface area (Å²) in [6, 6.07) is 0.344. The zero-order chi connectivity index (χ0) is 12.7. The fourth-order valence-electron chi connectivity index (χ4n) is 2.13. The first-order chi connectivity index (χ1) is 8.15. The van der Waals surface area contributed by atoms with Gasteiger partial charge in [-0.25, -0.2) is 0 Å². The lowest BCUT2D eigenvalue weighted by molar-refractivity contribution is -0.123. The molecule has 0 saturated heterocycles. The van der Waals surface area contributed by atoms with Crippen LogP contribution in [0.1, 0.15) is 39.5 Å². The van der Waals surface area contributed by atoms with Gasteiger partial charge < -0.3 is 15.4 Å². The molecule has 0 heterocycles. The largest absolute Gasteiger partial charge is 0.385 e. The number of carbonyl (C=O) groups is 1. The molecular formula is C13H26N2O2. The van der Waals surface area contributed by atoms with E-state index in [0.29, 0.717) is 19.2 Å². The lowest BCUT2D eigenvalue weighted by Gasteiger charge is -2.33. The quantitative estimate of drug-likeness (QED) is 0.631. The van der Waals surface area contributed by atoms with E-state index < -0.39 is 0 Å². The summed E-state index contributed by atoms with van der Waals surface area (Å²) in [6.45, 7) is 5.50. The summed E-state index contributed by atoms with van der Waals surface area (Å²) in [4.78, 5) is 11.8. The van der Waals surface area contributed by atoms with Gasteiger partial charge in [-0.2, -0.15) is 0 Å². The number of nitrogens with one attached hydrogen (secondary N) is 2. The van der Waals surface area contributed by atoms with E-state index >= 15 is 0 Å². The molecule has 1 saturated carbocycles. The molecule has 1 amide bonds. The van der Waals surface area contributed by atoms with Crippen LogP contribution < -0.4 is 10.6 Å². The van der Waals surface area contributed by atoms with E-state index in [2.05, 4.69) is 17.6 Å². The second kappa shape index (κ2) is 7.67. The molecule has 0 aromatic heterocycles. The number of carbonyl (C=O) groups excluding carboxylic acids is 1. The summed E-state index contributed by atoms with van der Waals surface area (Å²) in [5.41, 5.74) is 0. The number of hydrogen-bond acceptors (Lipinski definition) is 3. The number of hydrogen-bond donors (Lipinski definition) is 2. The van der Waals surface area contributed by atoms with Gasteiger partial charge >= 0.3 is 0 Å². The summed E-state index contributed by atoms with van der Waals surface area (Å²) >= 11 is 0. The Morgan fingerprint density at radius 3 is 2.65 bits per heavy atom. The number of ether oxygens (including phenoxy) is 1. The molecule has 0 aliphatic heterocycles. The van der Waals surface area contributed by atoms with E-state index in [-0.39, 0.29) is 11.9 Å². The molecule has 1 fully saturated rings. The Hall–Kier alpha value is -0.610. The van der Waals surface area contributed by atoms with Crippen LogP contribution in [0.15, 0.2) is 0 Å². The fraction of sp³-hybridized carbons (Fsp3) is 0.923. The van der Waals surface area contributed by atoms with Gasteiger partial charge in [0.05, 0.1) is 6.04 Å². The molecule has 2 unspecified atom stereocenters. The summed E-state index contributed by atoms with van der Waals surface area (Å²) in [5, 5.41) is 6.30. The summed E-state index contributed by atoms with van der Waals surface area (Å²) in [5.74, 6) is 0.853. The Kier molecular flexibility index (Phi) is 6.52. The average molecular weight is 242 g/mol. The molecule has 1 aliphatic carbocycles. The van der Waals surface area contributed by atoms with Crippen molar-refractivity contribution in [2.75, 3.05) is 20.3 Å². The molecule has 2 atom stereocenters. The minimum Gasteiger partial charge on any atom is -0.385 e. The van der Waals surface area contributed by atoms with Crippen molar-refractivity contribution < 1.29 is 9.53 Å². The summed E-state index contributed by atoms with van der Waals surface area (Å²) in [7, 11) is 1.67. The van der Waals surface area contributed by atoms with E-state index in [1.54, 1.807) is 7.11 Å². The van der Waals surface area contributed by atoms with Crippen LogP contribution in [0.3, 0.4) is 0 Å². The van der Waals surface area contributed by atoms with Crippen molar-refractivity contribution >= 4 is 5.91 Å². The van der Waals surface area contributed by atoms with Gasteiger partial charge in [0.2, 0.25) is 5.91 Å². The van der Waals surface area contributed by atoms with Crippen LogP contribution in [0.4, 0.5) is 0 Å². The van der Waals surface area contributed by atoms with Crippen molar-refractivity contribution in [3.05, 3.63) is 0 Å². The highest BCUT2D eigenvalue weighted by Gasteiger charge is 2.26. The Morgan fingerprint density at radius 1 is 1.41 bits per heavy atom. The molecular weight excluding hydrogens is 216 g/mol. The molecule has 17 heavy (non-hydrogen) atoms. The normalized spacial score (nSPS) is 19.5. The third-order valence-corrected chi connectivity index (χ3v) is 3.59. The van der Waals surface area contributed by atoms with Gasteiger partial charge in [0.25, 0.3) is 0 Å². The van der Waals surface area contributed by atoms with Crippen LogP contribution in [0.5, 0.6) is 0 Å². The topological polar surface area (TPSA) is 50.4 Å². The van der Waals surface area contributed by atoms with Crippen molar-refractivity contribution in [3.63, 3.8) is 0 Å². The Morgan fingerprint density at radius 2 is 2.12 bits per heavy atom. The first kappa shape index (κ1) is 14.5. The molecule has 0 radical (unpaired) electrons. The molecule has 0 spiro atoms. The monoisotopic (exact) mass is 242 g/mol. The minimum absolute atomic E-state index is 0.0901. The van der Waals surface area contributed by atoms with Gasteiger partial charge in [0.15, 0.2) is 0 Å². The summed E-state index contributed by atoms with van der Waals surface area (Å²) in [6.07, 6.45) is 4.81. The second-order valence-electron chi connectivity index (χ2n) is 5.01. The van der Waals surface area contributed by atoms with Crippen LogP contribution in [0.2, 0.25) is 0 Å². The predicted molar refractivity (Wildman–Crippen MR) is 68.9 cm³/mol. The van der Waals surface area contributed by atoms with Crippen molar-refractivity contribution in [1.29, 1.82) is 0 Å². The highest BCUT2D eigenvalue weighted by Crippen LogP contribution is 2.29. The van der Waals surface area contributed by atoms with Crippen molar-refractivity contribution in [2.24, 2.45) is 5.92 Å². The smallest absolute Gasteiger partial charge is 0.236 e. The average Bonchev–Trinajstić information content (AvgIpc) is 2.21. The highest BCUT2D eigenvalue weighted by molar-refractivity contribution is 5.81. The van der Waals surface area contributed by atoms with Crippen LogP contribution in [0, 0.1) is 5.92 Å². The van der Waals surface area contributed by atoms with Gasteiger partial charge in [-0.3, -0.25) is 4.79 Å². The maximum atomic E-state index is 11.8. The zero-order valence-electron chi connectivity index (χ0n) is 11.3. The third kappa shape index (κ3) is 5.04. The second-order valence-corrected chi connectivity index (χ2v) is 5.01. The molecule has 0 bridgehead atoms. The third-order valence-electron chi connectivity index (χ3n) is 3.59. The Labute approximate surface area is 104 Å². The lowest BCUT2D eigenvalue weighted by Crippen LogP contribution is -2.49. The minimum atomic E-state index is -0.104. The molecule has 4 heteroatoms. The van der Waals surface area contributed by atoms with Crippen LogP contribution >= 0.6 is 0 Å². The van der Waals surface area contributed by atoms with Crippen molar-refractivity contribution in [2.45, 2.75) is 51.6 Å². The maximum absolute atomic E-state index is 11.8. The zero-order valence-corrected chi connectivity index (χ0v) is 11.3. The fourth-order valence-corrected chi connectivity index (χ4v) is 2.13. The predicted octanol–water partition coefficient (Wildman–Crippen LogP) is 1.31. The van der Waals surface area contributed by atoms with Crippen molar-refractivity contribution in [1.82, 2.24) is 10.6 Å². The van der Waals surface area contributed by atoms with Crippen LogP contribution in [-0.4, -0.2) is 38.3 Å². The van der Waals surface area contributed by atoms with E-state index in [4.69, 9.17) is 4.74 Å². The van der Waals surface area contributed by atoms with E-state index in [1.807, 2.05) is 6.92 Å². The molecule has 100 valence electrons. The van der Waals surface area contributed by atoms with E-state index in [0.717, 1.165) is 12.3 Å². The first-order valence-electron chi connectivity index (χ1n) is 6.68. The maximum Gasteiger partial charge on any atom is 0.236 e. The number of amides is 1. The van der Waals surface area contributed by atoms with E-state index in [1.165, 1.54) is 19.3 Å². The van der Waals surface area contributed by atoms with Crippen LogP contribution in [-0.2, 0) is 9.53 Å². The van der Waals surface area contributed by atoms with Gasteiger partial charge in [-0.05, 0) is 39.0 Å². The Balaban J connectivity index is 2.12. The van der Waals surface area contributed by atoms with Gasteiger partial charge in [0.1, 0.15) is 0 Å². The molecule has 0 aromatic rings. The van der Waals surface area contributed by atoms with Crippen molar-refractivity contribution in [3.8, 4) is 0 Å². The van der Waals surface area contributed by atoms with Crippen LogP contribution in [0.25, 0.3) is 0 Å². The Bertz CT molecular complexity index is 229. The van der Waals surface area contributed by atoms with Gasteiger partial charge in [-0.15, -0.1) is 0 Å². The highest BCUT2D eigenvalue weighted by atomic mass is 16.5.